The van der Waals surface area contributed by atoms with E-state index in [4.69, 9.17) is 4.74 Å². The Balaban J connectivity index is 2.28. The zero-order valence-corrected chi connectivity index (χ0v) is 16.3. The lowest BCUT2D eigenvalue weighted by Crippen LogP contribution is -2.30. The lowest BCUT2D eigenvalue weighted by Gasteiger charge is -2.24. The summed E-state index contributed by atoms with van der Waals surface area (Å²) < 4.78 is 31.6. The minimum absolute atomic E-state index is 0.136. The molecule has 1 N–H and O–H groups in total. The number of rotatable bonds is 9. The van der Waals surface area contributed by atoms with E-state index >= 15 is 0 Å². The Labute approximate surface area is 160 Å². The van der Waals surface area contributed by atoms with E-state index in [0.29, 0.717) is 30.2 Å². The summed E-state index contributed by atoms with van der Waals surface area (Å²) in [6.07, 6.45) is 2.76. The lowest BCUT2D eigenvalue weighted by atomic mass is 10.1. The van der Waals surface area contributed by atoms with E-state index in [1.54, 1.807) is 54.6 Å². The summed E-state index contributed by atoms with van der Waals surface area (Å²) in [7, 11) is -3.53. The fourth-order valence-electron chi connectivity index (χ4n) is 2.52. The van der Waals surface area contributed by atoms with Crippen LogP contribution in [0.15, 0.2) is 61.2 Å². The standard InChI is InChI=1S/C20H24N2O4S/c1-4-14-21-20(23)17-12-10-16(11-13-17)15-22(27(3,24)25)18-8-6-7-9-19(18)26-5-2/h4,6-13H,1,5,14-15H2,2-3H3,(H,21,23). The van der Waals surface area contributed by atoms with Crippen LogP contribution in [0.25, 0.3) is 0 Å². The van der Waals surface area contributed by atoms with Crippen LogP contribution in [0.3, 0.4) is 0 Å². The molecule has 0 atom stereocenters. The highest BCUT2D eigenvalue weighted by molar-refractivity contribution is 7.92. The van der Waals surface area contributed by atoms with Crippen molar-refractivity contribution in [2.75, 3.05) is 23.7 Å². The third-order valence-corrected chi connectivity index (χ3v) is 4.91. The predicted octanol–water partition coefficient (Wildman–Crippen LogP) is 2.97. The Morgan fingerprint density at radius 2 is 1.85 bits per heavy atom. The van der Waals surface area contributed by atoms with Gasteiger partial charge in [0.15, 0.2) is 0 Å². The molecule has 2 aromatic carbocycles. The summed E-state index contributed by atoms with van der Waals surface area (Å²) in [6.45, 7) is 6.36. The molecule has 0 aliphatic carbocycles. The van der Waals surface area contributed by atoms with Gasteiger partial charge in [-0.3, -0.25) is 9.10 Å². The summed E-state index contributed by atoms with van der Waals surface area (Å²) >= 11 is 0. The molecule has 0 saturated heterocycles. The maximum Gasteiger partial charge on any atom is 0.251 e. The minimum atomic E-state index is -3.53. The summed E-state index contributed by atoms with van der Waals surface area (Å²) in [4.78, 5) is 12.0. The maximum absolute atomic E-state index is 12.4. The quantitative estimate of drug-likeness (QED) is 0.670. The Bertz CT molecular complexity index is 892. The van der Waals surface area contributed by atoms with Gasteiger partial charge in [-0.15, -0.1) is 6.58 Å². The molecule has 0 heterocycles. The number of ether oxygens (including phenoxy) is 1. The van der Waals surface area contributed by atoms with Crippen LogP contribution < -0.4 is 14.4 Å². The van der Waals surface area contributed by atoms with Crippen LogP contribution in [0.4, 0.5) is 5.69 Å². The smallest absolute Gasteiger partial charge is 0.251 e. The summed E-state index contributed by atoms with van der Waals surface area (Å²) in [5.74, 6) is 0.300. The Hall–Kier alpha value is -2.80. The summed E-state index contributed by atoms with van der Waals surface area (Å²) in [5, 5.41) is 2.70. The normalized spacial score (nSPS) is 10.9. The molecular formula is C20H24N2O4S. The number of hydrogen-bond donors (Lipinski definition) is 1. The molecule has 0 fully saturated rings. The molecule has 0 saturated carbocycles. The minimum Gasteiger partial charge on any atom is -0.492 e. The second kappa shape index (κ2) is 9.23. The van der Waals surface area contributed by atoms with E-state index in [-0.39, 0.29) is 12.5 Å². The average molecular weight is 388 g/mol. The molecule has 0 bridgehead atoms. The largest absolute Gasteiger partial charge is 0.492 e. The van der Waals surface area contributed by atoms with Crippen molar-refractivity contribution in [2.24, 2.45) is 0 Å². The number of sulfonamides is 1. The van der Waals surface area contributed by atoms with Crippen molar-refractivity contribution in [3.05, 3.63) is 72.3 Å². The first-order valence-corrected chi connectivity index (χ1v) is 10.4. The van der Waals surface area contributed by atoms with Crippen molar-refractivity contribution in [3.8, 4) is 5.75 Å². The SMILES string of the molecule is C=CCNC(=O)c1ccc(CN(c2ccccc2OCC)S(C)(=O)=O)cc1. The van der Waals surface area contributed by atoms with Crippen molar-refractivity contribution in [1.82, 2.24) is 5.32 Å². The van der Waals surface area contributed by atoms with Crippen molar-refractivity contribution in [1.29, 1.82) is 0 Å². The first kappa shape index (κ1) is 20.5. The van der Waals surface area contributed by atoms with E-state index in [2.05, 4.69) is 11.9 Å². The molecule has 0 aliphatic rings. The summed E-state index contributed by atoms with van der Waals surface area (Å²) in [5.41, 5.74) is 1.74. The van der Waals surface area contributed by atoms with Crippen molar-refractivity contribution in [3.63, 3.8) is 0 Å². The molecule has 0 unspecified atom stereocenters. The van der Waals surface area contributed by atoms with Gasteiger partial charge < -0.3 is 10.1 Å². The van der Waals surface area contributed by atoms with Gasteiger partial charge in [-0.2, -0.15) is 0 Å². The zero-order valence-electron chi connectivity index (χ0n) is 15.5. The number of carbonyl (C=O) groups excluding carboxylic acids is 1. The lowest BCUT2D eigenvalue weighted by molar-refractivity contribution is 0.0958. The number of carbonyl (C=O) groups is 1. The van der Waals surface area contributed by atoms with Crippen LogP contribution in [0.5, 0.6) is 5.75 Å². The van der Waals surface area contributed by atoms with Crippen LogP contribution in [-0.2, 0) is 16.6 Å². The second-order valence-electron chi connectivity index (χ2n) is 5.87. The molecule has 0 aromatic heterocycles. The van der Waals surface area contributed by atoms with Gasteiger partial charge in [-0.05, 0) is 36.8 Å². The molecule has 7 heteroatoms. The highest BCUT2D eigenvalue weighted by Gasteiger charge is 2.21. The van der Waals surface area contributed by atoms with Crippen molar-refractivity contribution >= 4 is 21.6 Å². The fraction of sp³-hybridized carbons (Fsp3) is 0.250. The maximum atomic E-state index is 12.4. The Morgan fingerprint density at radius 3 is 2.44 bits per heavy atom. The van der Waals surface area contributed by atoms with Gasteiger partial charge in [0.05, 0.1) is 25.1 Å². The van der Waals surface area contributed by atoms with Crippen LogP contribution in [0.1, 0.15) is 22.8 Å². The third kappa shape index (κ3) is 5.59. The van der Waals surface area contributed by atoms with Gasteiger partial charge in [0.25, 0.3) is 5.91 Å². The van der Waals surface area contributed by atoms with Gasteiger partial charge in [-0.25, -0.2) is 8.42 Å². The fourth-order valence-corrected chi connectivity index (χ4v) is 3.41. The molecule has 0 spiro atoms. The van der Waals surface area contributed by atoms with Crippen LogP contribution in [0, 0.1) is 0 Å². The van der Waals surface area contributed by atoms with Crippen LogP contribution in [-0.4, -0.2) is 33.7 Å². The van der Waals surface area contributed by atoms with Gasteiger partial charge in [0.2, 0.25) is 10.0 Å². The van der Waals surface area contributed by atoms with Gasteiger partial charge in [0, 0.05) is 12.1 Å². The number of amides is 1. The van der Waals surface area contributed by atoms with E-state index in [0.717, 1.165) is 11.8 Å². The highest BCUT2D eigenvalue weighted by Crippen LogP contribution is 2.31. The molecule has 1 amide bonds. The topological polar surface area (TPSA) is 75.7 Å². The molecule has 0 aliphatic heterocycles. The molecule has 2 aromatic rings. The van der Waals surface area contributed by atoms with Crippen molar-refractivity contribution in [2.45, 2.75) is 13.5 Å². The number of para-hydroxylation sites is 2. The van der Waals surface area contributed by atoms with Crippen molar-refractivity contribution < 1.29 is 17.9 Å². The van der Waals surface area contributed by atoms with E-state index in [1.807, 2.05) is 6.92 Å². The number of nitrogens with zero attached hydrogens (tertiary/aromatic N) is 1. The molecule has 27 heavy (non-hydrogen) atoms. The predicted molar refractivity (Wildman–Crippen MR) is 108 cm³/mol. The molecule has 6 nitrogen and oxygen atoms in total. The summed E-state index contributed by atoms with van der Waals surface area (Å²) in [6, 6.07) is 13.8. The second-order valence-corrected chi connectivity index (χ2v) is 7.77. The van der Waals surface area contributed by atoms with E-state index in [1.165, 1.54) is 4.31 Å². The third-order valence-electron chi connectivity index (χ3n) is 3.78. The Morgan fingerprint density at radius 1 is 1.19 bits per heavy atom. The van der Waals surface area contributed by atoms with Gasteiger partial charge >= 0.3 is 0 Å². The van der Waals surface area contributed by atoms with Crippen LogP contribution >= 0.6 is 0 Å². The molecule has 0 radical (unpaired) electrons. The van der Waals surface area contributed by atoms with E-state index < -0.39 is 10.0 Å². The number of anilines is 1. The average Bonchev–Trinajstić information content (AvgIpc) is 2.65. The first-order valence-electron chi connectivity index (χ1n) is 8.54. The van der Waals surface area contributed by atoms with E-state index in [9.17, 15) is 13.2 Å². The molecule has 2 rings (SSSR count). The Kier molecular flexibility index (Phi) is 7.01. The molecular weight excluding hydrogens is 364 g/mol. The van der Waals surface area contributed by atoms with Crippen LogP contribution in [0.2, 0.25) is 0 Å². The zero-order chi connectivity index (χ0) is 19.9. The first-order chi connectivity index (χ1) is 12.9. The number of nitrogens with one attached hydrogen (secondary N) is 1. The highest BCUT2D eigenvalue weighted by atomic mass is 32.2. The van der Waals surface area contributed by atoms with Gasteiger partial charge in [0.1, 0.15) is 5.75 Å². The van der Waals surface area contributed by atoms with Gasteiger partial charge in [-0.1, -0.05) is 30.3 Å². The molecule has 144 valence electrons. The number of benzene rings is 2. The number of hydrogen-bond acceptors (Lipinski definition) is 4. The monoisotopic (exact) mass is 388 g/mol.